The Bertz CT molecular complexity index is 766. The smallest absolute Gasteiger partial charge is 0.337 e. The fourth-order valence-electron chi connectivity index (χ4n) is 1.90. The lowest BCUT2D eigenvalue weighted by Gasteiger charge is -2.09. The third kappa shape index (κ3) is 4.44. The Kier molecular flexibility index (Phi) is 5.14. The second-order valence-electron chi connectivity index (χ2n) is 4.86. The number of amides is 2. The van der Waals surface area contributed by atoms with Gasteiger partial charge in [-0.1, -0.05) is 12.1 Å². The normalized spacial score (nSPS) is 10.0. The summed E-state index contributed by atoms with van der Waals surface area (Å²) in [5.74, 6) is -0.406. The number of anilines is 1. The van der Waals surface area contributed by atoms with Crippen LogP contribution in [-0.4, -0.2) is 23.7 Å². The van der Waals surface area contributed by atoms with Gasteiger partial charge in [0.15, 0.2) is 0 Å². The second kappa shape index (κ2) is 7.26. The van der Waals surface area contributed by atoms with E-state index in [-0.39, 0.29) is 11.6 Å². The molecule has 0 unspecified atom stereocenters. The summed E-state index contributed by atoms with van der Waals surface area (Å²) in [6.07, 6.45) is 1.53. The molecule has 0 aliphatic heterocycles. The molecule has 0 radical (unpaired) electrons. The van der Waals surface area contributed by atoms with Gasteiger partial charge in [0, 0.05) is 25.9 Å². The predicted molar refractivity (Wildman–Crippen MR) is 85.3 cm³/mol. The summed E-state index contributed by atoms with van der Waals surface area (Å²) in [5.41, 5.74) is 1.66. The van der Waals surface area contributed by atoms with Crippen molar-refractivity contribution >= 4 is 17.7 Å². The fraction of sp³-hybridized carbons (Fsp3) is 0.188. The zero-order valence-electron chi connectivity index (χ0n) is 12.8. The molecule has 0 atom stereocenters. The number of methoxy groups -OCH3 is 1. The first kappa shape index (κ1) is 16.3. The lowest BCUT2D eigenvalue weighted by atomic mass is 10.1. The summed E-state index contributed by atoms with van der Waals surface area (Å²) >= 11 is 0. The van der Waals surface area contributed by atoms with Crippen LogP contribution in [0.5, 0.6) is 0 Å². The highest BCUT2D eigenvalue weighted by atomic mass is 16.5. The van der Waals surface area contributed by atoms with Crippen LogP contribution in [0, 0.1) is 0 Å². The van der Waals surface area contributed by atoms with E-state index in [0.717, 1.165) is 5.56 Å². The van der Waals surface area contributed by atoms with Crippen LogP contribution in [0.15, 0.2) is 47.4 Å². The number of benzene rings is 1. The first-order valence-electron chi connectivity index (χ1n) is 6.88. The van der Waals surface area contributed by atoms with Crippen molar-refractivity contribution in [1.82, 2.24) is 9.88 Å². The molecule has 2 aromatic rings. The van der Waals surface area contributed by atoms with E-state index in [0.29, 0.717) is 17.8 Å². The van der Waals surface area contributed by atoms with E-state index in [4.69, 9.17) is 0 Å². The number of hydrogen-bond acceptors (Lipinski definition) is 4. The Morgan fingerprint density at radius 1 is 1.13 bits per heavy atom. The Labute approximate surface area is 132 Å². The van der Waals surface area contributed by atoms with Crippen LogP contribution < -0.4 is 16.2 Å². The lowest BCUT2D eigenvalue weighted by molar-refractivity contribution is 0.0600. The van der Waals surface area contributed by atoms with Gasteiger partial charge >= 0.3 is 12.0 Å². The van der Waals surface area contributed by atoms with Gasteiger partial charge in [-0.3, -0.25) is 4.79 Å². The van der Waals surface area contributed by atoms with Crippen molar-refractivity contribution in [2.24, 2.45) is 7.05 Å². The number of aromatic nitrogens is 1. The summed E-state index contributed by atoms with van der Waals surface area (Å²) in [7, 11) is 2.93. The van der Waals surface area contributed by atoms with Crippen molar-refractivity contribution in [3.05, 3.63) is 64.1 Å². The van der Waals surface area contributed by atoms with Gasteiger partial charge in [-0.05, 0) is 23.8 Å². The molecule has 0 saturated heterocycles. The number of ether oxygens (including phenoxy) is 1. The third-order valence-corrected chi connectivity index (χ3v) is 3.17. The van der Waals surface area contributed by atoms with E-state index < -0.39 is 5.97 Å². The monoisotopic (exact) mass is 315 g/mol. The van der Waals surface area contributed by atoms with Gasteiger partial charge in [0.1, 0.15) is 0 Å². The largest absolute Gasteiger partial charge is 0.465 e. The van der Waals surface area contributed by atoms with E-state index in [1.54, 1.807) is 31.3 Å². The van der Waals surface area contributed by atoms with E-state index in [2.05, 4.69) is 15.4 Å². The molecule has 7 heteroatoms. The molecule has 0 aliphatic carbocycles. The van der Waals surface area contributed by atoms with E-state index in [9.17, 15) is 14.4 Å². The number of urea groups is 1. The summed E-state index contributed by atoms with van der Waals surface area (Å²) in [5, 5.41) is 5.33. The highest BCUT2D eigenvalue weighted by Crippen LogP contribution is 2.06. The maximum Gasteiger partial charge on any atom is 0.337 e. The number of rotatable bonds is 4. The van der Waals surface area contributed by atoms with Crippen LogP contribution >= 0.6 is 0 Å². The van der Waals surface area contributed by atoms with Crippen LogP contribution in [0.3, 0.4) is 0 Å². The molecule has 0 saturated carbocycles. The minimum atomic E-state index is -0.406. The van der Waals surface area contributed by atoms with Crippen molar-refractivity contribution < 1.29 is 14.3 Å². The molecule has 23 heavy (non-hydrogen) atoms. The summed E-state index contributed by atoms with van der Waals surface area (Å²) in [4.78, 5) is 34.4. The number of hydrogen-bond donors (Lipinski definition) is 2. The van der Waals surface area contributed by atoms with Gasteiger partial charge in [0.05, 0.1) is 18.4 Å². The van der Waals surface area contributed by atoms with Crippen LogP contribution in [0.2, 0.25) is 0 Å². The molecule has 120 valence electrons. The quantitative estimate of drug-likeness (QED) is 0.837. The number of carbonyl (C=O) groups excluding carboxylic acids is 2. The Hall–Kier alpha value is -3.09. The van der Waals surface area contributed by atoms with Crippen LogP contribution in [0.25, 0.3) is 0 Å². The van der Waals surface area contributed by atoms with Crippen LogP contribution in [0.4, 0.5) is 10.5 Å². The topological polar surface area (TPSA) is 89.4 Å². The number of pyridine rings is 1. The molecule has 7 nitrogen and oxygen atoms in total. The summed E-state index contributed by atoms with van der Waals surface area (Å²) in [6.45, 7) is 0.305. The van der Waals surface area contributed by atoms with E-state index in [1.165, 1.54) is 30.0 Å². The number of esters is 1. The van der Waals surface area contributed by atoms with E-state index >= 15 is 0 Å². The molecular formula is C16H17N3O4. The minimum absolute atomic E-state index is 0.151. The van der Waals surface area contributed by atoms with Gasteiger partial charge in [-0.15, -0.1) is 0 Å². The average molecular weight is 315 g/mol. The molecule has 0 aliphatic rings. The lowest BCUT2D eigenvalue weighted by Crippen LogP contribution is -2.29. The van der Waals surface area contributed by atoms with Crippen molar-refractivity contribution in [3.63, 3.8) is 0 Å². The highest BCUT2D eigenvalue weighted by Gasteiger charge is 2.06. The molecule has 2 N–H and O–H groups in total. The van der Waals surface area contributed by atoms with Gasteiger partial charge in [-0.2, -0.15) is 0 Å². The SMILES string of the molecule is COC(=O)c1ccc(CNC(=O)Nc2ccc(=O)n(C)c2)cc1. The van der Waals surface area contributed by atoms with E-state index in [1.807, 2.05) is 0 Å². The Balaban J connectivity index is 1.90. The van der Waals surface area contributed by atoms with Crippen molar-refractivity contribution in [3.8, 4) is 0 Å². The van der Waals surface area contributed by atoms with Gasteiger partial charge in [0.2, 0.25) is 5.56 Å². The maximum absolute atomic E-state index is 11.8. The highest BCUT2D eigenvalue weighted by molar-refractivity contribution is 5.90. The Morgan fingerprint density at radius 3 is 2.43 bits per heavy atom. The molecule has 2 amide bonds. The number of nitrogens with one attached hydrogen (secondary N) is 2. The van der Waals surface area contributed by atoms with Crippen molar-refractivity contribution in [2.45, 2.75) is 6.54 Å². The van der Waals surface area contributed by atoms with Crippen molar-refractivity contribution in [2.75, 3.05) is 12.4 Å². The maximum atomic E-state index is 11.8. The van der Waals surface area contributed by atoms with Gasteiger partial charge < -0.3 is 19.9 Å². The third-order valence-electron chi connectivity index (χ3n) is 3.17. The van der Waals surface area contributed by atoms with Crippen molar-refractivity contribution in [1.29, 1.82) is 0 Å². The molecule has 1 aromatic heterocycles. The summed E-state index contributed by atoms with van der Waals surface area (Å²) in [6, 6.07) is 9.26. The predicted octanol–water partition coefficient (Wildman–Crippen LogP) is 1.49. The van der Waals surface area contributed by atoms with Gasteiger partial charge in [0.25, 0.3) is 0 Å². The molecule has 1 heterocycles. The number of aryl methyl sites for hydroxylation is 1. The first-order chi connectivity index (χ1) is 11.0. The standard InChI is InChI=1S/C16H17N3O4/c1-19-10-13(7-8-14(19)20)18-16(22)17-9-11-3-5-12(6-4-11)15(21)23-2/h3-8,10H,9H2,1-2H3,(H2,17,18,22). The molecule has 1 aromatic carbocycles. The molecule has 0 fully saturated rings. The molecular weight excluding hydrogens is 298 g/mol. The second-order valence-corrected chi connectivity index (χ2v) is 4.86. The molecule has 2 rings (SSSR count). The molecule has 0 bridgehead atoms. The minimum Gasteiger partial charge on any atom is -0.465 e. The molecule has 0 spiro atoms. The zero-order chi connectivity index (χ0) is 16.8. The number of carbonyl (C=O) groups is 2. The zero-order valence-corrected chi connectivity index (χ0v) is 12.8. The first-order valence-corrected chi connectivity index (χ1v) is 6.88. The summed E-state index contributed by atoms with van der Waals surface area (Å²) < 4.78 is 5.99. The van der Waals surface area contributed by atoms with Gasteiger partial charge in [-0.25, -0.2) is 9.59 Å². The average Bonchev–Trinajstić information content (AvgIpc) is 2.56. The number of nitrogens with zero attached hydrogens (tertiary/aromatic N) is 1. The van der Waals surface area contributed by atoms with Crippen LogP contribution in [-0.2, 0) is 18.3 Å². The van der Waals surface area contributed by atoms with Crippen LogP contribution in [0.1, 0.15) is 15.9 Å². The Morgan fingerprint density at radius 2 is 1.83 bits per heavy atom. The fourth-order valence-corrected chi connectivity index (χ4v) is 1.90.